The van der Waals surface area contributed by atoms with Gasteiger partial charge in [-0.15, -0.1) is 7.47 Å². The second kappa shape index (κ2) is 2.07. The van der Waals surface area contributed by atoms with E-state index in [1.54, 1.807) is 37.3 Å². The number of fused-ring (bicyclic) bond motifs is 1. The van der Waals surface area contributed by atoms with Crippen LogP contribution in [-0.4, -0.2) is 20.1 Å². The van der Waals surface area contributed by atoms with E-state index in [-0.39, 0.29) is 0 Å². The van der Waals surface area contributed by atoms with E-state index in [0.29, 0.717) is 7.47 Å². The molecular formula is C7H15PSi. The molecule has 0 aliphatic carbocycles. The quantitative estimate of drug-likeness (QED) is 0.375. The highest BCUT2D eigenvalue weighted by atomic mass is 31.4. The summed E-state index contributed by atoms with van der Waals surface area (Å²) in [4.78, 5) is 0. The highest BCUT2D eigenvalue weighted by Gasteiger charge is 2.43. The van der Waals surface area contributed by atoms with Crippen molar-refractivity contribution < 1.29 is 0 Å². The van der Waals surface area contributed by atoms with Gasteiger partial charge >= 0.3 is 0 Å². The molecule has 0 saturated carbocycles. The Hall–Kier alpha value is 0.647. The van der Waals surface area contributed by atoms with E-state index in [2.05, 4.69) is 6.55 Å². The lowest BCUT2D eigenvalue weighted by Gasteiger charge is -2.20. The molecule has 0 aromatic rings. The minimum Gasteiger partial charge on any atom is -0.118 e. The Bertz CT molecular complexity index is 114. The summed E-state index contributed by atoms with van der Waals surface area (Å²) in [5.41, 5.74) is 0. The molecule has 52 valence electrons. The third kappa shape index (κ3) is 0.896. The number of hydrogen-bond donors (Lipinski definition) is 0. The van der Waals surface area contributed by atoms with E-state index in [1.807, 2.05) is 0 Å². The van der Waals surface area contributed by atoms with Crippen molar-refractivity contribution in [2.75, 3.05) is 12.3 Å². The van der Waals surface area contributed by atoms with Crippen LogP contribution in [0.3, 0.4) is 0 Å². The maximum Gasteiger partial charge on any atom is 0.0781 e. The molecule has 9 heavy (non-hydrogen) atoms. The maximum absolute atomic E-state index is 2.67. The Labute approximate surface area is 59.6 Å². The van der Waals surface area contributed by atoms with Crippen LogP contribution in [0.5, 0.6) is 0 Å². The van der Waals surface area contributed by atoms with Gasteiger partial charge in [0, 0.05) is 0 Å². The molecule has 2 saturated heterocycles. The van der Waals surface area contributed by atoms with Crippen molar-refractivity contribution in [3.05, 3.63) is 0 Å². The van der Waals surface area contributed by atoms with Crippen LogP contribution in [0.1, 0.15) is 12.8 Å². The van der Waals surface area contributed by atoms with Gasteiger partial charge in [-0.05, 0) is 12.3 Å². The predicted octanol–water partition coefficient (Wildman–Crippen LogP) is 2.85. The molecule has 2 rings (SSSR count). The zero-order valence-electron chi connectivity index (χ0n) is 6.19. The summed E-state index contributed by atoms with van der Waals surface area (Å²) in [5.74, 6) is 0. The first-order chi connectivity index (χ1) is 4.31. The van der Waals surface area contributed by atoms with E-state index >= 15 is 0 Å². The zero-order chi connectivity index (χ0) is 6.32. The molecule has 0 aromatic heterocycles. The SMILES string of the molecule is C[Si]12CCCP1CCC2. The Kier molecular flexibility index (Phi) is 1.46. The first kappa shape index (κ1) is 6.36. The summed E-state index contributed by atoms with van der Waals surface area (Å²) >= 11 is 0. The second-order valence-corrected chi connectivity index (χ2v) is 14.8. The summed E-state index contributed by atoms with van der Waals surface area (Å²) < 4.78 is 0. The van der Waals surface area contributed by atoms with Crippen LogP contribution in [0.2, 0.25) is 18.6 Å². The molecule has 0 aromatic carbocycles. The van der Waals surface area contributed by atoms with Crippen molar-refractivity contribution in [2.24, 2.45) is 0 Å². The summed E-state index contributed by atoms with van der Waals surface area (Å²) in [5, 5.41) is 0. The molecule has 2 fully saturated rings. The number of hydrogen-bond acceptors (Lipinski definition) is 0. The fraction of sp³-hybridized carbons (Fsp3) is 1.00. The van der Waals surface area contributed by atoms with Crippen molar-refractivity contribution in [2.45, 2.75) is 31.5 Å². The van der Waals surface area contributed by atoms with E-state index in [1.165, 1.54) is 0 Å². The molecule has 0 nitrogen and oxygen atoms in total. The van der Waals surface area contributed by atoms with Gasteiger partial charge in [-0.1, -0.05) is 31.5 Å². The smallest absolute Gasteiger partial charge is 0.0781 e. The van der Waals surface area contributed by atoms with Crippen LogP contribution in [0.4, 0.5) is 0 Å². The minimum absolute atomic E-state index is 0.488. The third-order valence-electron chi connectivity index (χ3n) is 3.05. The van der Waals surface area contributed by atoms with Crippen molar-refractivity contribution in [3.63, 3.8) is 0 Å². The molecule has 0 N–H and O–H groups in total. The molecule has 2 aliphatic rings. The Morgan fingerprint density at radius 2 is 1.67 bits per heavy atom. The standard InChI is InChI=1S/C7H15PSi/c1-9-6-2-4-8(9)5-3-7-9/h2-7H2,1H3. The fourth-order valence-corrected chi connectivity index (χ4v) is 15.2. The Balaban J connectivity index is 2.17. The Morgan fingerprint density at radius 3 is 2.11 bits per heavy atom. The maximum atomic E-state index is 2.67. The summed E-state index contributed by atoms with van der Waals surface area (Å²) in [7, 11) is 0.176. The van der Waals surface area contributed by atoms with Crippen LogP contribution in [-0.2, 0) is 0 Å². The molecule has 0 amide bonds. The van der Waals surface area contributed by atoms with Crippen molar-refractivity contribution in [1.82, 2.24) is 0 Å². The first-order valence-electron chi connectivity index (χ1n) is 4.06. The van der Waals surface area contributed by atoms with E-state index < -0.39 is 7.74 Å². The largest absolute Gasteiger partial charge is 0.118 e. The predicted molar refractivity (Wildman–Crippen MR) is 47.1 cm³/mol. The van der Waals surface area contributed by atoms with Crippen molar-refractivity contribution >= 4 is 15.2 Å². The van der Waals surface area contributed by atoms with Gasteiger partial charge in [-0.3, -0.25) is 0 Å². The third-order valence-corrected chi connectivity index (χ3v) is 16.4. The second-order valence-electron chi connectivity index (χ2n) is 3.69. The average molecular weight is 158 g/mol. The summed E-state index contributed by atoms with van der Waals surface area (Å²) in [6.07, 6.45) is 6.54. The molecular weight excluding hydrogens is 143 g/mol. The topological polar surface area (TPSA) is 0 Å². The van der Waals surface area contributed by atoms with Gasteiger partial charge in [0.25, 0.3) is 0 Å². The van der Waals surface area contributed by atoms with E-state index in [9.17, 15) is 0 Å². The lowest BCUT2D eigenvalue weighted by molar-refractivity contribution is 1.02. The normalized spacial score (nSPS) is 49.7. The summed E-state index contributed by atoms with van der Waals surface area (Å²) in [6.45, 7) is 2.67. The van der Waals surface area contributed by atoms with E-state index in [0.717, 1.165) is 0 Å². The minimum atomic E-state index is -0.488. The van der Waals surface area contributed by atoms with Gasteiger partial charge in [-0.25, -0.2) is 0 Å². The Morgan fingerprint density at radius 1 is 1.11 bits per heavy atom. The first-order valence-corrected chi connectivity index (χ1v) is 9.53. The lowest BCUT2D eigenvalue weighted by atomic mass is 10.5. The average Bonchev–Trinajstić information content (AvgIpc) is 2.22. The number of rotatable bonds is 0. The molecule has 0 atom stereocenters. The lowest BCUT2D eigenvalue weighted by Crippen LogP contribution is -2.18. The molecule has 2 heterocycles. The van der Waals surface area contributed by atoms with Gasteiger partial charge in [-0.2, -0.15) is 0 Å². The van der Waals surface area contributed by atoms with Gasteiger partial charge < -0.3 is 0 Å². The van der Waals surface area contributed by atoms with Gasteiger partial charge in [0.15, 0.2) is 0 Å². The van der Waals surface area contributed by atoms with Gasteiger partial charge in [0.05, 0.1) is 7.74 Å². The van der Waals surface area contributed by atoms with Gasteiger partial charge in [0.2, 0.25) is 0 Å². The van der Waals surface area contributed by atoms with Crippen LogP contribution < -0.4 is 0 Å². The van der Waals surface area contributed by atoms with Crippen LogP contribution >= 0.6 is 7.47 Å². The van der Waals surface area contributed by atoms with E-state index in [4.69, 9.17) is 0 Å². The highest BCUT2D eigenvalue weighted by Crippen LogP contribution is 2.62. The highest BCUT2D eigenvalue weighted by molar-refractivity contribution is 7.96. The monoisotopic (exact) mass is 158 g/mol. The van der Waals surface area contributed by atoms with Crippen molar-refractivity contribution in [3.8, 4) is 0 Å². The molecule has 0 radical (unpaired) electrons. The molecule has 0 bridgehead atoms. The van der Waals surface area contributed by atoms with Crippen LogP contribution in [0.25, 0.3) is 0 Å². The fourth-order valence-electron chi connectivity index (χ4n) is 2.39. The molecule has 0 spiro atoms. The molecule has 2 heteroatoms. The molecule has 2 aliphatic heterocycles. The van der Waals surface area contributed by atoms with Gasteiger partial charge in [0.1, 0.15) is 0 Å². The zero-order valence-corrected chi connectivity index (χ0v) is 8.08. The van der Waals surface area contributed by atoms with Crippen LogP contribution in [0.15, 0.2) is 0 Å². The van der Waals surface area contributed by atoms with Crippen LogP contribution in [0, 0.1) is 0 Å². The molecule has 0 unspecified atom stereocenters. The summed E-state index contributed by atoms with van der Waals surface area (Å²) in [6, 6.07) is 3.39. The van der Waals surface area contributed by atoms with Crippen molar-refractivity contribution in [1.29, 1.82) is 0 Å².